The second-order valence-electron chi connectivity index (χ2n) is 5.49. The highest BCUT2D eigenvalue weighted by molar-refractivity contribution is 5.94. The number of benzene rings is 1. The van der Waals surface area contributed by atoms with Gasteiger partial charge in [0.25, 0.3) is 5.91 Å². The first-order chi connectivity index (χ1) is 9.24. The number of carbonyl (C=O) groups is 1. The van der Waals surface area contributed by atoms with Crippen LogP contribution in [0.2, 0.25) is 0 Å². The normalized spacial score (nSPS) is 24.9. The lowest BCUT2D eigenvalue weighted by Gasteiger charge is -2.16. The molecule has 4 nitrogen and oxygen atoms in total. The molecule has 0 saturated heterocycles. The molecule has 102 valence electrons. The fraction of sp³-hybridized carbons (Fsp3) is 0.533. The van der Waals surface area contributed by atoms with Crippen LogP contribution >= 0.6 is 0 Å². The molecule has 1 amide bonds. The number of nitrogens with two attached hydrogens (primary N) is 1. The van der Waals surface area contributed by atoms with E-state index < -0.39 is 0 Å². The second-order valence-corrected chi connectivity index (χ2v) is 5.49. The van der Waals surface area contributed by atoms with Gasteiger partial charge in [0.05, 0.1) is 6.61 Å². The molecule has 19 heavy (non-hydrogen) atoms. The fourth-order valence-electron chi connectivity index (χ4n) is 2.97. The Bertz CT molecular complexity index is 487. The molecule has 1 saturated carbocycles. The van der Waals surface area contributed by atoms with Gasteiger partial charge in [0.15, 0.2) is 0 Å². The number of amides is 1. The summed E-state index contributed by atoms with van der Waals surface area (Å²) in [5.74, 6) is 1.34. The van der Waals surface area contributed by atoms with Gasteiger partial charge in [-0.15, -0.1) is 0 Å². The molecule has 2 atom stereocenters. The Morgan fingerprint density at radius 3 is 3.11 bits per heavy atom. The largest absolute Gasteiger partial charge is 0.493 e. The van der Waals surface area contributed by atoms with Crippen molar-refractivity contribution in [3.05, 3.63) is 29.3 Å². The predicted octanol–water partition coefficient (Wildman–Crippen LogP) is 1.48. The van der Waals surface area contributed by atoms with Crippen molar-refractivity contribution in [2.24, 2.45) is 11.7 Å². The third-order valence-electron chi connectivity index (χ3n) is 4.19. The minimum atomic E-state index is -0.00574. The van der Waals surface area contributed by atoms with Gasteiger partial charge in [-0.05, 0) is 42.5 Å². The molecule has 0 radical (unpaired) electrons. The molecule has 3 rings (SSSR count). The minimum Gasteiger partial charge on any atom is -0.493 e. The highest BCUT2D eigenvalue weighted by Gasteiger charge is 2.24. The van der Waals surface area contributed by atoms with E-state index in [4.69, 9.17) is 10.5 Å². The summed E-state index contributed by atoms with van der Waals surface area (Å²) < 4.78 is 5.44. The number of hydrogen-bond acceptors (Lipinski definition) is 3. The van der Waals surface area contributed by atoms with Crippen molar-refractivity contribution < 1.29 is 9.53 Å². The Balaban J connectivity index is 1.61. The number of rotatable bonds is 3. The average Bonchev–Trinajstić information content (AvgIpc) is 3.03. The highest BCUT2D eigenvalue weighted by atomic mass is 16.5. The lowest BCUT2D eigenvalue weighted by molar-refractivity contribution is 0.0946. The molecular formula is C15H20N2O2. The summed E-state index contributed by atoms with van der Waals surface area (Å²) >= 11 is 0. The van der Waals surface area contributed by atoms with Crippen LogP contribution < -0.4 is 15.8 Å². The zero-order valence-electron chi connectivity index (χ0n) is 11.0. The van der Waals surface area contributed by atoms with E-state index in [1.165, 1.54) is 6.42 Å². The molecule has 1 fully saturated rings. The van der Waals surface area contributed by atoms with E-state index in [1.54, 1.807) is 0 Å². The van der Waals surface area contributed by atoms with Crippen LogP contribution in [0, 0.1) is 5.92 Å². The maximum absolute atomic E-state index is 12.1. The summed E-state index contributed by atoms with van der Waals surface area (Å²) in [6.07, 6.45) is 4.28. The summed E-state index contributed by atoms with van der Waals surface area (Å²) in [5, 5.41) is 3.00. The van der Waals surface area contributed by atoms with Crippen molar-refractivity contribution >= 4 is 5.91 Å². The van der Waals surface area contributed by atoms with Crippen LogP contribution in [0.5, 0.6) is 5.75 Å². The van der Waals surface area contributed by atoms with Gasteiger partial charge >= 0.3 is 0 Å². The first-order valence-corrected chi connectivity index (χ1v) is 7.03. The van der Waals surface area contributed by atoms with Crippen molar-refractivity contribution in [2.45, 2.75) is 31.7 Å². The third-order valence-corrected chi connectivity index (χ3v) is 4.19. The number of fused-ring (bicyclic) bond motifs is 1. The first-order valence-electron chi connectivity index (χ1n) is 7.03. The van der Waals surface area contributed by atoms with Gasteiger partial charge in [0.1, 0.15) is 5.75 Å². The number of carbonyl (C=O) groups excluding carboxylic acids is 1. The van der Waals surface area contributed by atoms with Crippen LogP contribution in [0.1, 0.15) is 35.2 Å². The maximum Gasteiger partial charge on any atom is 0.251 e. The SMILES string of the molecule is NC1CCCC1CNC(=O)c1ccc2c(c1)CCO2. The topological polar surface area (TPSA) is 64.3 Å². The van der Waals surface area contributed by atoms with Crippen molar-refractivity contribution in [3.63, 3.8) is 0 Å². The summed E-state index contributed by atoms with van der Waals surface area (Å²) in [4.78, 5) is 12.1. The first kappa shape index (κ1) is 12.5. The summed E-state index contributed by atoms with van der Waals surface area (Å²) in [6, 6.07) is 5.90. The third kappa shape index (κ3) is 2.59. The van der Waals surface area contributed by atoms with Crippen LogP contribution in [0.25, 0.3) is 0 Å². The average molecular weight is 260 g/mol. The molecule has 0 aromatic heterocycles. The van der Waals surface area contributed by atoms with Gasteiger partial charge in [0.2, 0.25) is 0 Å². The van der Waals surface area contributed by atoms with Crippen molar-refractivity contribution in [1.29, 1.82) is 0 Å². The molecule has 3 N–H and O–H groups in total. The molecule has 2 aliphatic rings. The van der Waals surface area contributed by atoms with Gasteiger partial charge in [-0.2, -0.15) is 0 Å². The van der Waals surface area contributed by atoms with Crippen molar-refractivity contribution in [1.82, 2.24) is 5.32 Å². The van der Waals surface area contributed by atoms with E-state index in [0.717, 1.165) is 42.7 Å². The molecule has 1 heterocycles. The maximum atomic E-state index is 12.1. The molecule has 1 aliphatic carbocycles. The van der Waals surface area contributed by atoms with Gasteiger partial charge < -0.3 is 15.8 Å². The summed E-state index contributed by atoms with van der Waals surface area (Å²) in [5.41, 5.74) is 7.86. The van der Waals surface area contributed by atoms with E-state index in [9.17, 15) is 4.79 Å². The van der Waals surface area contributed by atoms with Crippen LogP contribution in [0.3, 0.4) is 0 Å². The van der Waals surface area contributed by atoms with E-state index >= 15 is 0 Å². The van der Waals surface area contributed by atoms with Crippen molar-refractivity contribution in [2.75, 3.05) is 13.2 Å². The van der Waals surface area contributed by atoms with Gasteiger partial charge in [-0.1, -0.05) is 6.42 Å². The Labute approximate surface area is 113 Å². The molecule has 1 aromatic rings. The summed E-state index contributed by atoms with van der Waals surface area (Å²) in [7, 11) is 0. The van der Waals surface area contributed by atoms with Gasteiger partial charge in [-0.3, -0.25) is 4.79 Å². The molecule has 0 spiro atoms. The zero-order chi connectivity index (χ0) is 13.2. The van der Waals surface area contributed by atoms with Gasteiger partial charge in [0, 0.05) is 24.6 Å². The quantitative estimate of drug-likeness (QED) is 0.865. The minimum absolute atomic E-state index is 0.00574. The van der Waals surface area contributed by atoms with Crippen LogP contribution in [-0.2, 0) is 6.42 Å². The number of nitrogens with one attached hydrogen (secondary N) is 1. The van der Waals surface area contributed by atoms with Gasteiger partial charge in [-0.25, -0.2) is 0 Å². The molecule has 2 unspecified atom stereocenters. The summed E-state index contributed by atoms with van der Waals surface area (Å²) in [6.45, 7) is 1.41. The highest BCUT2D eigenvalue weighted by Crippen LogP contribution is 2.26. The molecule has 1 aliphatic heterocycles. The second kappa shape index (κ2) is 5.21. The van der Waals surface area contributed by atoms with Crippen LogP contribution in [0.4, 0.5) is 0 Å². The van der Waals surface area contributed by atoms with E-state index in [-0.39, 0.29) is 11.9 Å². The van der Waals surface area contributed by atoms with Crippen molar-refractivity contribution in [3.8, 4) is 5.75 Å². The smallest absolute Gasteiger partial charge is 0.251 e. The molecule has 0 bridgehead atoms. The standard InChI is InChI=1S/C15H20N2O2/c16-13-3-1-2-12(13)9-17-15(18)11-4-5-14-10(8-11)6-7-19-14/h4-5,8,12-13H,1-3,6-7,9,16H2,(H,17,18). The Morgan fingerprint density at radius 2 is 2.32 bits per heavy atom. The Morgan fingerprint density at radius 1 is 1.42 bits per heavy atom. The van der Waals surface area contributed by atoms with E-state index in [0.29, 0.717) is 12.5 Å². The lowest BCUT2D eigenvalue weighted by Crippen LogP contribution is -2.36. The lowest BCUT2D eigenvalue weighted by atomic mass is 10.0. The Kier molecular flexibility index (Phi) is 3.42. The fourth-order valence-corrected chi connectivity index (χ4v) is 2.97. The number of ether oxygens (including phenoxy) is 1. The van der Waals surface area contributed by atoms with Crippen LogP contribution in [-0.4, -0.2) is 25.1 Å². The Hall–Kier alpha value is -1.55. The monoisotopic (exact) mass is 260 g/mol. The molecule has 4 heteroatoms. The predicted molar refractivity (Wildman–Crippen MR) is 73.3 cm³/mol. The van der Waals surface area contributed by atoms with E-state index in [2.05, 4.69) is 5.32 Å². The zero-order valence-corrected chi connectivity index (χ0v) is 11.0. The van der Waals surface area contributed by atoms with Crippen LogP contribution in [0.15, 0.2) is 18.2 Å². The van der Waals surface area contributed by atoms with E-state index in [1.807, 2.05) is 18.2 Å². The number of hydrogen-bond donors (Lipinski definition) is 2. The molecule has 1 aromatic carbocycles. The molecular weight excluding hydrogens is 240 g/mol.